The Morgan fingerprint density at radius 2 is 1.15 bits per heavy atom. The largest absolute Gasteiger partial charge is 0.378 e. The Morgan fingerprint density at radius 3 is 1.58 bits per heavy atom. The van der Waals surface area contributed by atoms with E-state index in [1.54, 1.807) is 82.7 Å². The molecular weight excluding hydrogens is 417 g/mol. The Balaban J connectivity index is 1.31. The molecule has 0 aliphatic heterocycles. The van der Waals surface area contributed by atoms with E-state index < -0.39 is 0 Å². The van der Waals surface area contributed by atoms with E-state index >= 15 is 0 Å². The molecule has 0 aromatic rings. The molecule has 0 N–H and O–H groups in total. The molecule has 8 saturated carbocycles. The SMILES string of the molecule is CCCN(C)C1=CC=CC=C(P(C23CC4CC(CC(C4)C2)C3)C23CC4CC(CC(C4)C2)C3)C1. The fraction of sp³-hybridized carbons (Fsp3) is 0.806. The standard InChI is InChI=1S/C31H46NP/c1-3-8-32(2)28-6-4-5-7-29(15-28)33(30-16-22-9-23(17-30)11-24(10-22)18-30)31-19-25-12-26(20-31)14-27(13-25)21-31/h4-7,22-27H,3,8-21H2,1-2H3. The Morgan fingerprint density at radius 1 is 0.727 bits per heavy atom. The van der Waals surface area contributed by atoms with Crippen LogP contribution in [0.25, 0.3) is 0 Å². The minimum absolute atomic E-state index is 0.0624. The summed E-state index contributed by atoms with van der Waals surface area (Å²) in [6.45, 7) is 3.53. The van der Waals surface area contributed by atoms with Gasteiger partial charge < -0.3 is 4.90 Å². The molecule has 0 unspecified atom stereocenters. The lowest BCUT2D eigenvalue weighted by atomic mass is 9.55. The summed E-state index contributed by atoms with van der Waals surface area (Å²) in [6.07, 6.45) is 31.6. The van der Waals surface area contributed by atoms with Crippen LogP contribution < -0.4 is 0 Å². The highest BCUT2D eigenvalue weighted by Gasteiger charge is 2.63. The van der Waals surface area contributed by atoms with Gasteiger partial charge in [-0.25, -0.2) is 0 Å². The zero-order valence-electron chi connectivity index (χ0n) is 21.3. The van der Waals surface area contributed by atoms with Crippen molar-refractivity contribution >= 4 is 7.92 Å². The van der Waals surface area contributed by atoms with E-state index in [2.05, 4.69) is 43.2 Å². The van der Waals surface area contributed by atoms with Gasteiger partial charge in [-0.1, -0.05) is 33.1 Å². The van der Waals surface area contributed by atoms with E-state index in [4.69, 9.17) is 0 Å². The fourth-order valence-corrected chi connectivity index (χ4v) is 16.7. The zero-order chi connectivity index (χ0) is 22.2. The summed E-state index contributed by atoms with van der Waals surface area (Å²) in [6, 6.07) is 0. The van der Waals surface area contributed by atoms with Crippen LogP contribution in [0.3, 0.4) is 0 Å². The Hall–Kier alpha value is -0.550. The predicted molar refractivity (Wildman–Crippen MR) is 142 cm³/mol. The van der Waals surface area contributed by atoms with E-state index in [1.165, 1.54) is 19.4 Å². The van der Waals surface area contributed by atoms with Crippen LogP contribution in [-0.2, 0) is 0 Å². The summed E-state index contributed by atoms with van der Waals surface area (Å²) < 4.78 is 0. The first-order valence-corrected chi connectivity index (χ1v) is 16.0. The molecule has 9 aliphatic carbocycles. The predicted octanol–water partition coefficient (Wildman–Crippen LogP) is 8.48. The first kappa shape index (κ1) is 21.7. The van der Waals surface area contributed by atoms with Gasteiger partial charge in [-0.15, -0.1) is 0 Å². The van der Waals surface area contributed by atoms with Crippen LogP contribution in [0.15, 0.2) is 35.3 Å². The second-order valence-corrected chi connectivity index (χ2v) is 17.1. The molecule has 0 saturated heterocycles. The molecule has 9 rings (SSSR count). The van der Waals surface area contributed by atoms with Gasteiger partial charge in [0.25, 0.3) is 0 Å². The van der Waals surface area contributed by atoms with Crippen molar-refractivity contribution in [1.82, 2.24) is 4.90 Å². The van der Waals surface area contributed by atoms with Crippen molar-refractivity contribution in [2.45, 2.75) is 107 Å². The summed E-state index contributed by atoms with van der Waals surface area (Å²) in [5, 5.41) is 3.33. The molecule has 0 amide bonds. The molecule has 9 aliphatic rings. The maximum absolute atomic E-state index is 2.67. The van der Waals surface area contributed by atoms with Crippen molar-refractivity contribution in [3.8, 4) is 0 Å². The van der Waals surface area contributed by atoms with E-state index in [0.29, 0.717) is 10.3 Å². The highest BCUT2D eigenvalue weighted by molar-refractivity contribution is 7.65. The number of rotatable bonds is 6. The van der Waals surface area contributed by atoms with Crippen molar-refractivity contribution < 1.29 is 0 Å². The van der Waals surface area contributed by atoms with Crippen molar-refractivity contribution in [1.29, 1.82) is 0 Å². The van der Waals surface area contributed by atoms with Crippen LogP contribution in [0.5, 0.6) is 0 Å². The molecule has 0 aromatic heterocycles. The number of nitrogens with zero attached hydrogens (tertiary/aromatic N) is 1. The lowest BCUT2D eigenvalue weighted by molar-refractivity contribution is 0.0191. The van der Waals surface area contributed by atoms with Gasteiger partial charge >= 0.3 is 0 Å². The first-order chi connectivity index (χ1) is 16.0. The van der Waals surface area contributed by atoms with E-state index in [-0.39, 0.29) is 7.92 Å². The van der Waals surface area contributed by atoms with Gasteiger partial charge in [-0.05, 0) is 141 Å². The Kier molecular flexibility index (Phi) is 5.25. The summed E-state index contributed by atoms with van der Waals surface area (Å²) >= 11 is 0. The second-order valence-electron chi connectivity index (χ2n) is 13.9. The van der Waals surface area contributed by atoms with E-state index in [1.807, 2.05) is 5.31 Å². The van der Waals surface area contributed by atoms with Gasteiger partial charge in [-0.2, -0.15) is 0 Å². The lowest BCUT2D eigenvalue weighted by Crippen LogP contribution is -2.56. The minimum atomic E-state index is -0.0624. The number of allylic oxidation sites excluding steroid dienone is 5. The smallest absolute Gasteiger partial charge is 0.0175 e. The monoisotopic (exact) mass is 463 g/mol. The molecule has 0 aromatic carbocycles. The highest BCUT2D eigenvalue weighted by atomic mass is 31.1. The third kappa shape index (κ3) is 3.57. The average Bonchev–Trinajstić information content (AvgIpc) is 2.98. The third-order valence-electron chi connectivity index (χ3n) is 11.3. The van der Waals surface area contributed by atoms with Gasteiger partial charge in [-0.3, -0.25) is 0 Å². The quantitative estimate of drug-likeness (QED) is 0.357. The summed E-state index contributed by atoms with van der Waals surface area (Å²) in [5.41, 5.74) is 1.60. The second kappa shape index (κ2) is 7.98. The first-order valence-electron chi connectivity index (χ1n) is 14.6. The van der Waals surface area contributed by atoms with Crippen LogP contribution in [0.1, 0.15) is 96.8 Å². The van der Waals surface area contributed by atoms with Crippen LogP contribution in [0, 0.1) is 35.5 Å². The lowest BCUT2D eigenvalue weighted by Gasteiger charge is -2.68. The molecule has 1 nitrogen and oxygen atoms in total. The van der Waals surface area contributed by atoms with Crippen molar-refractivity contribution in [3.05, 3.63) is 35.3 Å². The van der Waals surface area contributed by atoms with Crippen LogP contribution in [0.2, 0.25) is 0 Å². The van der Waals surface area contributed by atoms with Crippen LogP contribution >= 0.6 is 7.92 Å². The number of hydrogen-bond donors (Lipinski definition) is 0. The topological polar surface area (TPSA) is 3.24 Å². The van der Waals surface area contributed by atoms with Crippen LogP contribution in [0.4, 0.5) is 0 Å². The number of hydrogen-bond acceptors (Lipinski definition) is 1. The Labute approximate surface area is 204 Å². The van der Waals surface area contributed by atoms with E-state index in [0.717, 1.165) is 35.5 Å². The van der Waals surface area contributed by atoms with Gasteiger partial charge in [0.1, 0.15) is 0 Å². The van der Waals surface area contributed by atoms with Gasteiger partial charge in [0.15, 0.2) is 0 Å². The maximum Gasteiger partial charge on any atom is 0.0175 e. The molecular formula is C31H46NP. The molecule has 0 spiro atoms. The molecule has 0 radical (unpaired) electrons. The summed E-state index contributed by atoms with van der Waals surface area (Å²) in [7, 11) is 2.29. The highest BCUT2D eigenvalue weighted by Crippen LogP contribution is 2.81. The minimum Gasteiger partial charge on any atom is -0.378 e. The molecule has 2 heteroatoms. The van der Waals surface area contributed by atoms with Gasteiger partial charge in [0.05, 0.1) is 0 Å². The maximum atomic E-state index is 2.67. The van der Waals surface area contributed by atoms with Crippen molar-refractivity contribution in [2.75, 3.05) is 13.6 Å². The van der Waals surface area contributed by atoms with Gasteiger partial charge in [0, 0.05) is 25.7 Å². The molecule has 0 atom stereocenters. The average molecular weight is 464 g/mol. The van der Waals surface area contributed by atoms with Crippen molar-refractivity contribution in [2.24, 2.45) is 35.5 Å². The fourth-order valence-electron chi connectivity index (χ4n) is 11.3. The van der Waals surface area contributed by atoms with Crippen molar-refractivity contribution in [3.63, 3.8) is 0 Å². The summed E-state index contributed by atoms with van der Waals surface area (Å²) in [4.78, 5) is 2.58. The normalized spacial score (nSPS) is 47.9. The molecule has 8 fully saturated rings. The zero-order valence-corrected chi connectivity index (χ0v) is 22.2. The molecule has 180 valence electrons. The van der Waals surface area contributed by atoms with Crippen LogP contribution in [-0.4, -0.2) is 28.8 Å². The molecule has 8 bridgehead atoms. The molecule has 33 heavy (non-hydrogen) atoms. The molecule has 0 heterocycles. The third-order valence-corrected chi connectivity index (χ3v) is 15.2. The van der Waals surface area contributed by atoms with E-state index in [9.17, 15) is 0 Å². The summed E-state index contributed by atoms with van der Waals surface area (Å²) in [5.74, 6) is 6.47. The Bertz CT molecular complexity index is 763. The van der Waals surface area contributed by atoms with Gasteiger partial charge in [0.2, 0.25) is 0 Å².